The molecule has 1 aromatic carbocycles. The second-order valence-electron chi connectivity index (χ2n) is 8.32. The molecule has 0 spiro atoms. The largest absolute Gasteiger partial charge is 0.417 e. The molecule has 1 aliphatic carbocycles. The number of carbonyl (C=O) groups excluding carboxylic acids is 2. The summed E-state index contributed by atoms with van der Waals surface area (Å²) in [6, 6.07) is 3.75. The Morgan fingerprint density at radius 1 is 1.32 bits per heavy atom. The van der Waals surface area contributed by atoms with Gasteiger partial charge in [0.1, 0.15) is 12.1 Å². The van der Waals surface area contributed by atoms with Crippen LogP contribution >= 0.6 is 12.4 Å². The Labute approximate surface area is 199 Å². The Hall–Kier alpha value is -2.40. The van der Waals surface area contributed by atoms with Crippen molar-refractivity contribution in [3.63, 3.8) is 0 Å². The Balaban J connectivity index is 0.00000324. The van der Waals surface area contributed by atoms with Crippen molar-refractivity contribution in [1.82, 2.24) is 10.6 Å². The third-order valence-corrected chi connectivity index (χ3v) is 8.25. The van der Waals surface area contributed by atoms with Crippen LogP contribution in [-0.2, 0) is 30.3 Å². The van der Waals surface area contributed by atoms with Crippen molar-refractivity contribution in [3.05, 3.63) is 23.8 Å². The summed E-state index contributed by atoms with van der Waals surface area (Å²) in [7, 11) is -4.47. The predicted molar refractivity (Wildman–Crippen MR) is 115 cm³/mol. The van der Waals surface area contributed by atoms with Crippen LogP contribution in [0.3, 0.4) is 0 Å². The first-order chi connectivity index (χ1) is 15.5. The van der Waals surface area contributed by atoms with Gasteiger partial charge in [0.15, 0.2) is 9.84 Å². The van der Waals surface area contributed by atoms with Gasteiger partial charge >= 0.3 is 6.18 Å². The second-order valence-corrected chi connectivity index (χ2v) is 10.5. The van der Waals surface area contributed by atoms with E-state index in [0.29, 0.717) is 18.9 Å². The number of nitrogens with one attached hydrogen (secondary N) is 2. The number of benzene rings is 1. The van der Waals surface area contributed by atoms with Crippen molar-refractivity contribution in [3.8, 4) is 6.07 Å². The van der Waals surface area contributed by atoms with Gasteiger partial charge in [-0.25, -0.2) is 8.42 Å². The van der Waals surface area contributed by atoms with Crippen molar-refractivity contribution in [1.29, 1.82) is 5.26 Å². The molecular weight excluding hydrogens is 501 g/mol. The molecule has 1 saturated carbocycles. The van der Waals surface area contributed by atoms with Gasteiger partial charge in [-0.05, 0) is 37.5 Å². The Bertz CT molecular complexity index is 1130. The number of amides is 2. The van der Waals surface area contributed by atoms with Crippen LogP contribution < -0.4 is 15.5 Å². The Morgan fingerprint density at radius 3 is 2.62 bits per heavy atom. The number of sulfone groups is 1. The van der Waals surface area contributed by atoms with Gasteiger partial charge in [0.25, 0.3) is 5.91 Å². The molecule has 0 unspecified atom stereocenters. The fraction of sp³-hybridized carbons (Fsp3) is 0.550. The molecule has 34 heavy (non-hydrogen) atoms. The average Bonchev–Trinajstić information content (AvgIpc) is 3.34. The maximum Gasteiger partial charge on any atom is 0.417 e. The lowest BCUT2D eigenvalue weighted by molar-refractivity contribution is -0.140. The van der Waals surface area contributed by atoms with E-state index in [1.807, 2.05) is 6.07 Å². The number of carbonyl (C=O) groups is 2. The maximum absolute atomic E-state index is 13.8. The number of nitriles is 1. The van der Waals surface area contributed by atoms with Gasteiger partial charge in [-0.3, -0.25) is 9.59 Å². The molecule has 2 atom stereocenters. The van der Waals surface area contributed by atoms with Gasteiger partial charge in [-0.15, -0.1) is 12.4 Å². The first-order valence-electron chi connectivity index (χ1n) is 10.3. The smallest absolute Gasteiger partial charge is 0.370 e. The van der Waals surface area contributed by atoms with Crippen LogP contribution in [0.25, 0.3) is 0 Å². The van der Waals surface area contributed by atoms with E-state index >= 15 is 0 Å². The van der Waals surface area contributed by atoms with Crippen LogP contribution in [0.2, 0.25) is 0 Å². The van der Waals surface area contributed by atoms with E-state index in [2.05, 4.69) is 10.6 Å². The van der Waals surface area contributed by atoms with Gasteiger partial charge in [0.05, 0.1) is 34.4 Å². The minimum Gasteiger partial charge on any atom is -0.370 e. The van der Waals surface area contributed by atoms with Gasteiger partial charge < -0.3 is 20.3 Å². The van der Waals surface area contributed by atoms with E-state index < -0.39 is 55.1 Å². The molecule has 2 aliphatic heterocycles. The first kappa shape index (κ1) is 26.2. The highest BCUT2D eigenvalue weighted by atomic mass is 35.5. The van der Waals surface area contributed by atoms with Gasteiger partial charge in [-0.2, -0.15) is 18.4 Å². The predicted octanol–water partition coefficient (Wildman–Crippen LogP) is 1.17. The summed E-state index contributed by atoms with van der Waals surface area (Å²) in [6.07, 6.45) is -4.22. The number of anilines is 1. The summed E-state index contributed by atoms with van der Waals surface area (Å²) < 4.78 is 72.8. The standard InChI is InChI=1S/C20H21F3N4O5S.ClH/c21-20(22,23)14-7-12(27-5-6-32-10-17(27)28)1-2-16(14)33(30,31)13-8-15(25-9-13)18(29)26-19(11-24)3-4-19;/h1-2,7,13,15,25H,3-6,8-10H2,(H,26,29);1H/t13-,15+;/m1./s1. The quantitative estimate of drug-likeness (QED) is 0.594. The van der Waals surface area contributed by atoms with E-state index in [9.17, 15) is 31.2 Å². The molecule has 0 radical (unpaired) electrons. The average molecular weight is 523 g/mol. The highest BCUT2D eigenvalue weighted by molar-refractivity contribution is 7.92. The van der Waals surface area contributed by atoms with Crippen molar-refractivity contribution >= 4 is 39.7 Å². The number of nitrogens with zero attached hydrogens (tertiary/aromatic N) is 2. The normalized spacial score (nSPS) is 24.2. The highest BCUT2D eigenvalue weighted by Gasteiger charge is 2.48. The number of morpholine rings is 1. The molecule has 14 heteroatoms. The molecule has 9 nitrogen and oxygen atoms in total. The molecule has 3 aliphatic rings. The van der Waals surface area contributed by atoms with Crippen molar-refractivity contribution in [2.24, 2.45) is 0 Å². The fourth-order valence-electron chi connectivity index (χ4n) is 3.98. The monoisotopic (exact) mass is 522 g/mol. The minimum absolute atomic E-state index is 0. The maximum atomic E-state index is 13.8. The molecule has 1 aromatic rings. The van der Waals surface area contributed by atoms with Crippen LogP contribution in [0.15, 0.2) is 23.1 Å². The Morgan fingerprint density at radius 2 is 2.03 bits per heavy atom. The molecule has 4 rings (SSSR count). The lowest BCUT2D eigenvalue weighted by Gasteiger charge is -2.28. The van der Waals surface area contributed by atoms with E-state index in [1.165, 1.54) is 6.07 Å². The third kappa shape index (κ3) is 5.00. The molecule has 3 fully saturated rings. The zero-order chi connectivity index (χ0) is 24.0. The molecule has 0 aromatic heterocycles. The summed E-state index contributed by atoms with van der Waals surface area (Å²) in [5, 5.41) is 13.1. The fourth-order valence-corrected chi connectivity index (χ4v) is 5.84. The van der Waals surface area contributed by atoms with Crippen molar-refractivity contribution in [2.45, 2.75) is 47.2 Å². The van der Waals surface area contributed by atoms with E-state index in [-0.39, 0.29) is 50.8 Å². The summed E-state index contributed by atoms with van der Waals surface area (Å²) in [5.74, 6) is -1.08. The van der Waals surface area contributed by atoms with Crippen molar-refractivity contribution in [2.75, 3.05) is 31.2 Å². The lowest BCUT2D eigenvalue weighted by Crippen LogP contribution is -2.45. The number of hydrogen-bond acceptors (Lipinski definition) is 7. The van der Waals surface area contributed by atoms with Crippen molar-refractivity contribution < 1.29 is 35.9 Å². The number of halogens is 4. The molecule has 2 amide bonds. The molecule has 0 bridgehead atoms. The summed E-state index contributed by atoms with van der Waals surface area (Å²) >= 11 is 0. The van der Waals surface area contributed by atoms with E-state index in [0.717, 1.165) is 11.0 Å². The zero-order valence-electron chi connectivity index (χ0n) is 17.7. The highest BCUT2D eigenvalue weighted by Crippen LogP contribution is 2.39. The van der Waals surface area contributed by atoms with E-state index in [1.54, 1.807) is 0 Å². The number of ether oxygens (including phenoxy) is 1. The van der Waals surface area contributed by atoms with Gasteiger partial charge in [0.2, 0.25) is 5.91 Å². The zero-order valence-corrected chi connectivity index (χ0v) is 19.4. The van der Waals surface area contributed by atoms with Gasteiger partial charge in [-0.1, -0.05) is 0 Å². The number of rotatable bonds is 5. The topological polar surface area (TPSA) is 129 Å². The first-order valence-corrected chi connectivity index (χ1v) is 11.8. The number of hydrogen-bond donors (Lipinski definition) is 2. The molecule has 186 valence electrons. The minimum atomic E-state index is -4.98. The lowest BCUT2D eigenvalue weighted by atomic mass is 10.1. The van der Waals surface area contributed by atoms with Crippen LogP contribution in [-0.4, -0.2) is 63.4 Å². The molecular formula is C20H22ClF3N4O5S. The van der Waals surface area contributed by atoms with Crippen LogP contribution in [0, 0.1) is 11.3 Å². The summed E-state index contributed by atoms with van der Waals surface area (Å²) in [5.41, 5.74) is -2.37. The molecule has 2 saturated heterocycles. The molecule has 2 heterocycles. The summed E-state index contributed by atoms with van der Waals surface area (Å²) in [4.78, 5) is 24.6. The molecule has 2 N–H and O–H groups in total. The summed E-state index contributed by atoms with van der Waals surface area (Å²) in [6.45, 7) is -0.278. The second kappa shape index (κ2) is 9.33. The SMILES string of the molecule is Cl.N#CC1(NC(=O)[C@@H]2C[C@@H](S(=O)(=O)c3ccc(N4CCOCC4=O)cc3C(F)(F)F)CN2)CC1. The van der Waals surface area contributed by atoms with E-state index in [4.69, 9.17) is 10.00 Å². The van der Waals surface area contributed by atoms with Gasteiger partial charge in [0, 0.05) is 18.8 Å². The Kier molecular flexibility index (Phi) is 7.19. The van der Waals surface area contributed by atoms with Crippen LogP contribution in [0.4, 0.5) is 18.9 Å². The van der Waals surface area contributed by atoms with Crippen LogP contribution in [0.5, 0.6) is 0 Å². The third-order valence-electron chi connectivity index (χ3n) is 6.04. The number of alkyl halides is 3. The van der Waals surface area contributed by atoms with Crippen LogP contribution in [0.1, 0.15) is 24.8 Å².